The SMILES string of the molecule is Cc1n[nH]c(C)c1NC(=O)CCc1cccc(N)c1. The molecule has 100 valence electrons. The molecule has 2 rings (SSSR count). The Kier molecular flexibility index (Phi) is 3.85. The molecule has 19 heavy (non-hydrogen) atoms. The number of benzene rings is 1. The number of nitrogen functional groups attached to an aromatic ring is 1. The first-order chi connectivity index (χ1) is 9.06. The molecule has 0 fully saturated rings. The molecule has 0 aliphatic rings. The molecule has 5 heteroatoms. The molecule has 0 aliphatic heterocycles. The van der Waals surface area contributed by atoms with Crippen molar-refractivity contribution < 1.29 is 4.79 Å². The molecule has 1 aromatic heterocycles. The number of aromatic nitrogens is 2. The highest BCUT2D eigenvalue weighted by Crippen LogP contribution is 2.16. The summed E-state index contributed by atoms with van der Waals surface area (Å²) in [4.78, 5) is 11.9. The molecule has 1 amide bonds. The van der Waals surface area contributed by atoms with Crippen molar-refractivity contribution in [2.75, 3.05) is 11.1 Å². The molecule has 4 N–H and O–H groups in total. The first-order valence-corrected chi connectivity index (χ1v) is 6.22. The molecular formula is C14H18N4O. The van der Waals surface area contributed by atoms with Gasteiger partial charge in [0.05, 0.1) is 17.1 Å². The number of anilines is 2. The summed E-state index contributed by atoms with van der Waals surface area (Å²) in [5.74, 6) is -0.0185. The van der Waals surface area contributed by atoms with Crippen molar-refractivity contribution in [3.05, 3.63) is 41.2 Å². The molecule has 0 spiro atoms. The van der Waals surface area contributed by atoms with Crippen molar-refractivity contribution in [1.29, 1.82) is 0 Å². The van der Waals surface area contributed by atoms with E-state index < -0.39 is 0 Å². The van der Waals surface area contributed by atoms with Gasteiger partial charge in [-0.3, -0.25) is 9.89 Å². The largest absolute Gasteiger partial charge is 0.399 e. The number of carbonyl (C=O) groups is 1. The number of H-pyrrole nitrogens is 1. The number of carbonyl (C=O) groups excluding carboxylic acids is 1. The van der Waals surface area contributed by atoms with Gasteiger partial charge in [0.2, 0.25) is 5.91 Å². The Balaban J connectivity index is 1.92. The maximum atomic E-state index is 11.9. The highest BCUT2D eigenvalue weighted by Gasteiger charge is 2.10. The van der Waals surface area contributed by atoms with Crippen molar-refractivity contribution in [2.45, 2.75) is 26.7 Å². The first-order valence-electron chi connectivity index (χ1n) is 6.22. The van der Waals surface area contributed by atoms with E-state index in [0.29, 0.717) is 12.8 Å². The van der Waals surface area contributed by atoms with Crippen molar-refractivity contribution in [3.8, 4) is 0 Å². The average molecular weight is 258 g/mol. The van der Waals surface area contributed by atoms with Crippen molar-refractivity contribution in [3.63, 3.8) is 0 Å². The van der Waals surface area contributed by atoms with Crippen LogP contribution in [0.15, 0.2) is 24.3 Å². The van der Waals surface area contributed by atoms with Crippen molar-refractivity contribution >= 4 is 17.3 Å². The van der Waals surface area contributed by atoms with E-state index in [1.54, 1.807) is 0 Å². The van der Waals surface area contributed by atoms with Gasteiger partial charge in [0.15, 0.2) is 0 Å². The number of nitrogens with zero attached hydrogens (tertiary/aromatic N) is 1. The van der Waals surface area contributed by atoms with Gasteiger partial charge < -0.3 is 11.1 Å². The van der Waals surface area contributed by atoms with Crippen LogP contribution in [0.4, 0.5) is 11.4 Å². The van der Waals surface area contributed by atoms with Crippen LogP contribution in [0.25, 0.3) is 0 Å². The molecule has 0 bridgehead atoms. The van der Waals surface area contributed by atoms with E-state index in [1.165, 1.54) is 0 Å². The minimum atomic E-state index is -0.0185. The van der Waals surface area contributed by atoms with Crippen molar-refractivity contribution in [2.24, 2.45) is 0 Å². The van der Waals surface area contributed by atoms with Gasteiger partial charge in [0, 0.05) is 12.1 Å². The van der Waals surface area contributed by atoms with E-state index in [9.17, 15) is 4.79 Å². The van der Waals surface area contributed by atoms with Gasteiger partial charge in [0.1, 0.15) is 0 Å². The van der Waals surface area contributed by atoms with Gasteiger partial charge in [-0.2, -0.15) is 5.10 Å². The van der Waals surface area contributed by atoms with Crippen LogP contribution in [-0.4, -0.2) is 16.1 Å². The van der Waals surface area contributed by atoms with Crippen molar-refractivity contribution in [1.82, 2.24) is 10.2 Å². The molecule has 0 radical (unpaired) electrons. The third-order valence-corrected chi connectivity index (χ3v) is 2.98. The Bertz CT molecular complexity index is 569. The van der Waals surface area contributed by atoms with Crippen LogP contribution in [0.3, 0.4) is 0 Å². The molecule has 1 heterocycles. The van der Waals surface area contributed by atoms with Crippen LogP contribution in [0.5, 0.6) is 0 Å². The quantitative estimate of drug-likeness (QED) is 0.735. The second-order valence-corrected chi connectivity index (χ2v) is 4.60. The van der Waals surface area contributed by atoms with Crippen LogP contribution >= 0.6 is 0 Å². The van der Waals surface area contributed by atoms with E-state index in [4.69, 9.17) is 5.73 Å². The fraction of sp³-hybridized carbons (Fsp3) is 0.286. The van der Waals surface area contributed by atoms with Crippen LogP contribution in [0, 0.1) is 13.8 Å². The standard InChI is InChI=1S/C14H18N4O/c1-9-14(10(2)18-17-9)16-13(19)7-6-11-4-3-5-12(15)8-11/h3-5,8H,6-7,15H2,1-2H3,(H,16,19)(H,17,18). The summed E-state index contributed by atoms with van der Waals surface area (Å²) < 4.78 is 0. The molecule has 5 nitrogen and oxygen atoms in total. The minimum absolute atomic E-state index is 0.0185. The highest BCUT2D eigenvalue weighted by atomic mass is 16.1. The van der Waals surface area contributed by atoms with Gasteiger partial charge in [-0.1, -0.05) is 12.1 Å². The number of aromatic amines is 1. The predicted molar refractivity (Wildman–Crippen MR) is 75.9 cm³/mol. The third kappa shape index (κ3) is 3.34. The number of nitrogens with one attached hydrogen (secondary N) is 2. The lowest BCUT2D eigenvalue weighted by atomic mass is 10.1. The Hall–Kier alpha value is -2.30. The van der Waals surface area contributed by atoms with Gasteiger partial charge in [-0.25, -0.2) is 0 Å². The lowest BCUT2D eigenvalue weighted by molar-refractivity contribution is -0.116. The second kappa shape index (κ2) is 5.56. The summed E-state index contributed by atoms with van der Waals surface area (Å²) in [7, 11) is 0. The maximum Gasteiger partial charge on any atom is 0.224 e. The zero-order chi connectivity index (χ0) is 13.8. The highest BCUT2D eigenvalue weighted by molar-refractivity contribution is 5.91. The van der Waals surface area contributed by atoms with Gasteiger partial charge in [-0.15, -0.1) is 0 Å². The number of rotatable bonds is 4. The zero-order valence-electron chi connectivity index (χ0n) is 11.2. The zero-order valence-corrected chi connectivity index (χ0v) is 11.2. The average Bonchev–Trinajstić information content (AvgIpc) is 2.68. The van der Waals surface area contributed by atoms with Gasteiger partial charge in [-0.05, 0) is 38.0 Å². The van der Waals surface area contributed by atoms with Gasteiger partial charge in [0.25, 0.3) is 0 Å². The van der Waals surface area contributed by atoms with E-state index >= 15 is 0 Å². The van der Waals surface area contributed by atoms with E-state index in [0.717, 1.165) is 28.3 Å². The van der Waals surface area contributed by atoms with Gasteiger partial charge >= 0.3 is 0 Å². The Morgan fingerprint density at radius 2 is 2.21 bits per heavy atom. The summed E-state index contributed by atoms with van der Waals surface area (Å²) >= 11 is 0. The summed E-state index contributed by atoms with van der Waals surface area (Å²) in [5, 5.41) is 9.76. The number of amides is 1. The summed E-state index contributed by atoms with van der Waals surface area (Å²) in [6, 6.07) is 7.59. The molecular weight excluding hydrogens is 240 g/mol. The summed E-state index contributed by atoms with van der Waals surface area (Å²) in [6.45, 7) is 3.74. The van der Waals surface area contributed by atoms with Crippen LogP contribution in [0.1, 0.15) is 23.4 Å². The van der Waals surface area contributed by atoms with E-state index in [2.05, 4.69) is 15.5 Å². The normalized spacial score (nSPS) is 10.4. The number of hydrogen-bond donors (Lipinski definition) is 3. The molecule has 0 saturated heterocycles. The molecule has 0 unspecified atom stereocenters. The predicted octanol–water partition coefficient (Wildman–Crippen LogP) is 2.18. The van der Waals surface area contributed by atoms with E-state index in [-0.39, 0.29) is 5.91 Å². The molecule has 1 aromatic carbocycles. The first kappa shape index (κ1) is 13.1. The third-order valence-electron chi connectivity index (χ3n) is 2.98. The molecule has 0 aliphatic carbocycles. The fourth-order valence-corrected chi connectivity index (χ4v) is 1.94. The number of nitrogens with two attached hydrogens (primary N) is 1. The molecule has 0 saturated carbocycles. The number of aryl methyl sites for hydroxylation is 3. The maximum absolute atomic E-state index is 11.9. The Labute approximate surface area is 112 Å². The summed E-state index contributed by atoms with van der Waals surface area (Å²) in [5.41, 5.74) is 9.94. The second-order valence-electron chi connectivity index (χ2n) is 4.60. The lowest BCUT2D eigenvalue weighted by Crippen LogP contribution is -2.13. The monoisotopic (exact) mass is 258 g/mol. The number of hydrogen-bond acceptors (Lipinski definition) is 3. The van der Waals surface area contributed by atoms with Crippen LogP contribution in [0.2, 0.25) is 0 Å². The Morgan fingerprint density at radius 1 is 1.42 bits per heavy atom. The van der Waals surface area contributed by atoms with Crippen LogP contribution < -0.4 is 11.1 Å². The Morgan fingerprint density at radius 3 is 2.84 bits per heavy atom. The molecule has 2 aromatic rings. The fourth-order valence-electron chi connectivity index (χ4n) is 1.94. The lowest BCUT2D eigenvalue weighted by Gasteiger charge is -2.06. The minimum Gasteiger partial charge on any atom is -0.399 e. The summed E-state index contributed by atoms with van der Waals surface area (Å²) in [6.07, 6.45) is 1.10. The topological polar surface area (TPSA) is 83.8 Å². The van der Waals surface area contributed by atoms with Crippen LogP contribution in [-0.2, 0) is 11.2 Å². The molecule has 0 atom stereocenters. The smallest absolute Gasteiger partial charge is 0.224 e. The van der Waals surface area contributed by atoms with E-state index in [1.807, 2.05) is 38.1 Å².